The van der Waals surface area contributed by atoms with Gasteiger partial charge in [-0.05, 0) is 6.92 Å². The maximum atomic E-state index is 10.7. The van der Waals surface area contributed by atoms with Crippen molar-refractivity contribution >= 4 is 23.4 Å². The molecule has 0 atom stereocenters. The third kappa shape index (κ3) is 2.78. The van der Waals surface area contributed by atoms with Crippen molar-refractivity contribution in [2.75, 3.05) is 0 Å². The molecule has 0 amide bonds. The number of aryl methyl sites for hydroxylation is 1. The Morgan fingerprint density at radius 3 is 3.00 bits per heavy atom. The van der Waals surface area contributed by atoms with Gasteiger partial charge in [-0.1, -0.05) is 23.8 Å². The van der Waals surface area contributed by atoms with E-state index in [1.165, 1.54) is 13.0 Å². The van der Waals surface area contributed by atoms with Crippen molar-refractivity contribution in [2.24, 2.45) is 0 Å². The first-order valence-electron chi connectivity index (χ1n) is 4.41. The summed E-state index contributed by atoms with van der Waals surface area (Å²) >= 11 is 5.82. The normalized spacial score (nSPS) is 10.3. The minimum atomic E-state index is -0.514. The van der Waals surface area contributed by atoms with Gasteiger partial charge >= 0.3 is 0 Å². The van der Waals surface area contributed by atoms with Crippen molar-refractivity contribution < 1.29 is 4.92 Å². The third-order valence-corrected chi connectivity index (χ3v) is 2.17. The second-order valence-electron chi connectivity index (χ2n) is 2.99. The Balaban J connectivity index is 3.16. The number of nitro groups is 1. The summed E-state index contributed by atoms with van der Waals surface area (Å²) < 4.78 is 0. The van der Waals surface area contributed by atoms with E-state index in [1.807, 2.05) is 6.07 Å². The van der Waals surface area contributed by atoms with E-state index in [4.69, 9.17) is 16.9 Å². The predicted octanol–water partition coefficient (Wildman–Crippen LogP) is 2.88. The predicted molar refractivity (Wildman–Crippen MR) is 59.9 cm³/mol. The molecule has 0 spiro atoms. The maximum absolute atomic E-state index is 10.7. The van der Waals surface area contributed by atoms with Crippen LogP contribution in [0.25, 0.3) is 6.08 Å². The summed E-state index contributed by atoms with van der Waals surface area (Å²) in [7, 11) is 0. The van der Waals surface area contributed by atoms with Gasteiger partial charge in [0.15, 0.2) is 0 Å². The lowest BCUT2D eigenvalue weighted by Crippen LogP contribution is -1.96. The zero-order valence-electron chi connectivity index (χ0n) is 8.48. The molecule has 0 aromatic carbocycles. The zero-order valence-corrected chi connectivity index (χ0v) is 9.23. The molecule has 0 aliphatic heterocycles. The van der Waals surface area contributed by atoms with Gasteiger partial charge in [-0.3, -0.25) is 10.1 Å². The van der Waals surface area contributed by atoms with Crippen LogP contribution in [0.3, 0.4) is 0 Å². The minimum absolute atomic E-state index is 0.0824. The number of pyridine rings is 1. The molecule has 0 bridgehead atoms. The molecule has 0 radical (unpaired) electrons. The van der Waals surface area contributed by atoms with Gasteiger partial charge in [0.1, 0.15) is 10.8 Å². The molecule has 0 aliphatic rings. The first kappa shape index (κ1) is 12.1. The molecular weight excluding hydrogens is 230 g/mol. The molecule has 5 nitrogen and oxygen atoms in total. The number of hydrogen-bond donors (Lipinski definition) is 0. The molecule has 0 saturated heterocycles. The molecule has 0 saturated carbocycles. The summed E-state index contributed by atoms with van der Waals surface area (Å²) in [6, 6.07) is 3.27. The number of hydrogen-bond acceptors (Lipinski definition) is 4. The number of halogens is 1. The van der Waals surface area contributed by atoms with Gasteiger partial charge in [0, 0.05) is 11.6 Å². The second-order valence-corrected chi connectivity index (χ2v) is 3.35. The van der Waals surface area contributed by atoms with Gasteiger partial charge in [-0.15, -0.1) is 0 Å². The van der Waals surface area contributed by atoms with Gasteiger partial charge in [0.25, 0.3) is 5.69 Å². The topological polar surface area (TPSA) is 79.8 Å². The van der Waals surface area contributed by atoms with Crippen LogP contribution in [0.2, 0.25) is 5.15 Å². The van der Waals surface area contributed by atoms with E-state index in [-0.39, 0.29) is 23.0 Å². The van der Waals surface area contributed by atoms with Crippen LogP contribution in [0.15, 0.2) is 12.1 Å². The van der Waals surface area contributed by atoms with Crippen LogP contribution in [0.1, 0.15) is 17.7 Å². The molecule has 1 aromatic heterocycles. The Hall–Kier alpha value is -1.93. The van der Waals surface area contributed by atoms with Crippen LogP contribution in [-0.2, 0) is 0 Å². The minimum Gasteiger partial charge on any atom is -0.258 e. The summed E-state index contributed by atoms with van der Waals surface area (Å²) in [6.45, 7) is 1.52. The highest BCUT2D eigenvalue weighted by Gasteiger charge is 2.14. The molecule has 0 fully saturated rings. The van der Waals surface area contributed by atoms with Crippen LogP contribution in [0, 0.1) is 28.4 Å². The highest BCUT2D eigenvalue weighted by atomic mass is 35.5. The number of nitrogens with zero attached hydrogens (tertiary/aromatic N) is 3. The van der Waals surface area contributed by atoms with Crippen molar-refractivity contribution in [3.63, 3.8) is 0 Å². The van der Waals surface area contributed by atoms with Crippen LogP contribution in [0.5, 0.6) is 0 Å². The van der Waals surface area contributed by atoms with Crippen LogP contribution in [-0.4, -0.2) is 9.91 Å². The highest BCUT2D eigenvalue weighted by molar-refractivity contribution is 6.30. The van der Waals surface area contributed by atoms with E-state index in [0.29, 0.717) is 5.56 Å². The van der Waals surface area contributed by atoms with Crippen LogP contribution >= 0.6 is 11.6 Å². The van der Waals surface area contributed by atoms with Gasteiger partial charge in [-0.2, -0.15) is 5.26 Å². The molecule has 1 heterocycles. The van der Waals surface area contributed by atoms with Crippen molar-refractivity contribution in [1.29, 1.82) is 5.26 Å². The van der Waals surface area contributed by atoms with Crippen LogP contribution in [0.4, 0.5) is 5.69 Å². The Morgan fingerprint density at radius 1 is 1.75 bits per heavy atom. The van der Waals surface area contributed by atoms with E-state index < -0.39 is 4.92 Å². The molecular formula is C10H8ClN3O2. The fourth-order valence-electron chi connectivity index (χ4n) is 1.12. The van der Waals surface area contributed by atoms with E-state index in [9.17, 15) is 10.1 Å². The largest absolute Gasteiger partial charge is 0.291 e. The quantitative estimate of drug-likeness (QED) is 0.460. The van der Waals surface area contributed by atoms with Crippen molar-refractivity contribution in [3.05, 3.63) is 38.7 Å². The zero-order chi connectivity index (χ0) is 12.1. The van der Waals surface area contributed by atoms with Gasteiger partial charge in [0.2, 0.25) is 0 Å². The lowest BCUT2D eigenvalue weighted by atomic mass is 10.2. The fraction of sp³-hybridized carbons (Fsp3) is 0.200. The van der Waals surface area contributed by atoms with E-state index in [0.717, 1.165) is 0 Å². The summed E-state index contributed by atoms with van der Waals surface area (Å²) in [5.41, 5.74) is 0.627. The highest BCUT2D eigenvalue weighted by Crippen LogP contribution is 2.24. The average Bonchev–Trinajstić information content (AvgIpc) is 2.21. The first-order valence-corrected chi connectivity index (χ1v) is 4.79. The Kier molecular flexibility index (Phi) is 3.97. The molecule has 1 aromatic rings. The Bertz CT molecular complexity index is 492. The van der Waals surface area contributed by atoms with Gasteiger partial charge in [0.05, 0.1) is 17.4 Å². The third-order valence-electron chi connectivity index (χ3n) is 1.87. The second kappa shape index (κ2) is 5.24. The molecule has 0 aliphatic carbocycles. The first-order chi connectivity index (χ1) is 7.56. The number of nitriles is 1. The Morgan fingerprint density at radius 2 is 2.44 bits per heavy atom. The fourth-order valence-corrected chi connectivity index (χ4v) is 1.36. The Labute approximate surface area is 97.1 Å². The summed E-state index contributed by atoms with van der Waals surface area (Å²) in [4.78, 5) is 14.0. The molecule has 0 unspecified atom stereocenters. The molecule has 0 N–H and O–H groups in total. The standard InChI is InChI=1S/C10H8ClN3O2/c1-7-9(14(15)16)6-8(10(11)13-7)4-2-3-5-12/h2,4,6H,3H2,1H3. The summed E-state index contributed by atoms with van der Waals surface area (Å²) in [5.74, 6) is 0. The van der Waals surface area contributed by atoms with Crippen molar-refractivity contribution in [1.82, 2.24) is 4.98 Å². The molecule has 1 rings (SSSR count). The molecule has 16 heavy (non-hydrogen) atoms. The summed E-state index contributed by atoms with van der Waals surface area (Å²) in [5, 5.41) is 19.2. The number of allylic oxidation sites excluding steroid dienone is 1. The van der Waals surface area contributed by atoms with E-state index in [1.54, 1.807) is 12.2 Å². The number of aromatic nitrogens is 1. The van der Waals surface area contributed by atoms with Gasteiger partial charge in [-0.25, -0.2) is 4.98 Å². The van der Waals surface area contributed by atoms with Crippen molar-refractivity contribution in [3.8, 4) is 6.07 Å². The maximum Gasteiger partial charge on any atom is 0.291 e. The number of rotatable bonds is 3. The molecule has 6 heteroatoms. The SMILES string of the molecule is Cc1nc(Cl)c(C=CCC#N)cc1[N+](=O)[O-]. The smallest absolute Gasteiger partial charge is 0.258 e. The monoisotopic (exact) mass is 237 g/mol. The van der Waals surface area contributed by atoms with Gasteiger partial charge < -0.3 is 0 Å². The summed E-state index contributed by atoms with van der Waals surface area (Å²) in [6.07, 6.45) is 3.34. The van der Waals surface area contributed by atoms with E-state index >= 15 is 0 Å². The average molecular weight is 238 g/mol. The van der Waals surface area contributed by atoms with E-state index in [2.05, 4.69) is 4.98 Å². The lowest BCUT2D eigenvalue weighted by Gasteiger charge is -2.00. The molecule has 82 valence electrons. The van der Waals surface area contributed by atoms with Crippen molar-refractivity contribution in [2.45, 2.75) is 13.3 Å². The van der Waals surface area contributed by atoms with Crippen LogP contribution < -0.4 is 0 Å². The lowest BCUT2D eigenvalue weighted by molar-refractivity contribution is -0.385.